The van der Waals surface area contributed by atoms with Crippen LogP contribution in [-0.2, 0) is 22.5 Å². The van der Waals surface area contributed by atoms with Crippen LogP contribution in [0.25, 0.3) is 0 Å². The standard InChI is InChI=1S/C20H22ClNO5S/c1-12(2)11-26-20(25)27-17-9-13-10-22(8-7-16(13)28-17)18(19(23)24)14-5-3-4-6-15(14)21/h3-6,9,12,18H,7-8,10-11H2,1-2H3,(H,23,24). The zero-order valence-electron chi connectivity index (χ0n) is 15.7. The predicted molar refractivity (Wildman–Crippen MR) is 107 cm³/mol. The van der Waals surface area contributed by atoms with Crippen molar-refractivity contribution in [2.75, 3.05) is 13.2 Å². The molecule has 8 heteroatoms. The minimum Gasteiger partial charge on any atom is -0.480 e. The quantitative estimate of drug-likeness (QED) is 0.675. The first-order valence-corrected chi connectivity index (χ1v) is 10.2. The molecule has 1 aromatic heterocycles. The first-order chi connectivity index (χ1) is 13.3. The number of hydrogen-bond acceptors (Lipinski definition) is 6. The number of thiophene rings is 1. The molecule has 1 aliphatic rings. The largest absolute Gasteiger partial charge is 0.514 e. The zero-order valence-corrected chi connectivity index (χ0v) is 17.3. The number of carbonyl (C=O) groups excluding carboxylic acids is 1. The van der Waals surface area contributed by atoms with Gasteiger partial charge in [0.1, 0.15) is 6.04 Å². The molecule has 150 valence electrons. The molecular weight excluding hydrogens is 402 g/mol. The second kappa shape index (κ2) is 8.94. The molecule has 1 unspecified atom stereocenters. The highest BCUT2D eigenvalue weighted by molar-refractivity contribution is 7.14. The fourth-order valence-electron chi connectivity index (χ4n) is 3.13. The number of carbonyl (C=O) groups is 2. The maximum atomic E-state index is 12.0. The molecule has 1 N–H and O–H groups in total. The normalized spacial score (nSPS) is 15.1. The van der Waals surface area contributed by atoms with E-state index in [0.29, 0.717) is 41.8 Å². The van der Waals surface area contributed by atoms with Gasteiger partial charge in [0.2, 0.25) is 0 Å². The highest BCUT2D eigenvalue weighted by Gasteiger charge is 2.32. The molecule has 1 aliphatic heterocycles. The second-order valence-corrected chi connectivity index (χ2v) is 8.56. The van der Waals surface area contributed by atoms with Gasteiger partial charge >= 0.3 is 12.1 Å². The lowest BCUT2D eigenvalue weighted by Gasteiger charge is -2.32. The third kappa shape index (κ3) is 4.84. The van der Waals surface area contributed by atoms with Crippen LogP contribution in [0.5, 0.6) is 5.06 Å². The third-order valence-corrected chi connectivity index (χ3v) is 5.85. The zero-order chi connectivity index (χ0) is 20.3. The molecule has 3 rings (SSSR count). The number of hydrogen-bond donors (Lipinski definition) is 1. The van der Waals surface area contributed by atoms with Gasteiger partial charge in [-0.25, -0.2) is 4.79 Å². The molecule has 0 saturated carbocycles. The molecule has 2 heterocycles. The van der Waals surface area contributed by atoms with Crippen molar-refractivity contribution < 1.29 is 24.2 Å². The predicted octanol–water partition coefficient (Wildman–Crippen LogP) is 4.76. The molecule has 2 aromatic rings. The monoisotopic (exact) mass is 423 g/mol. The molecule has 1 atom stereocenters. The first kappa shape index (κ1) is 20.6. The molecule has 0 fully saturated rings. The van der Waals surface area contributed by atoms with E-state index in [-0.39, 0.29) is 5.92 Å². The maximum Gasteiger partial charge on any atom is 0.514 e. The summed E-state index contributed by atoms with van der Waals surface area (Å²) in [5, 5.41) is 10.7. The van der Waals surface area contributed by atoms with Gasteiger partial charge in [-0.1, -0.05) is 43.6 Å². The van der Waals surface area contributed by atoms with Crippen LogP contribution in [0.2, 0.25) is 5.02 Å². The number of ether oxygens (including phenoxy) is 2. The van der Waals surface area contributed by atoms with Crippen molar-refractivity contribution in [3.8, 4) is 5.06 Å². The summed E-state index contributed by atoms with van der Waals surface area (Å²) in [6.45, 7) is 5.22. The number of aliphatic carboxylic acids is 1. The van der Waals surface area contributed by atoms with Crippen LogP contribution in [-0.4, -0.2) is 35.3 Å². The van der Waals surface area contributed by atoms with Gasteiger partial charge in [0.05, 0.1) is 6.61 Å². The summed E-state index contributed by atoms with van der Waals surface area (Å²) >= 11 is 7.63. The minimum atomic E-state index is -0.944. The summed E-state index contributed by atoms with van der Waals surface area (Å²) in [7, 11) is 0. The van der Waals surface area contributed by atoms with Crippen molar-refractivity contribution in [2.45, 2.75) is 32.9 Å². The van der Waals surface area contributed by atoms with Gasteiger partial charge in [-0.3, -0.25) is 9.69 Å². The van der Waals surface area contributed by atoms with Gasteiger partial charge < -0.3 is 14.6 Å². The molecule has 0 bridgehead atoms. The fourth-order valence-corrected chi connectivity index (χ4v) is 4.37. The fraction of sp³-hybridized carbons (Fsp3) is 0.400. The van der Waals surface area contributed by atoms with Crippen LogP contribution in [0, 0.1) is 5.92 Å². The molecular formula is C20H22ClNO5S. The number of fused-ring (bicyclic) bond motifs is 1. The van der Waals surface area contributed by atoms with Gasteiger partial charge in [-0.15, -0.1) is 11.3 Å². The van der Waals surface area contributed by atoms with Crippen molar-refractivity contribution in [2.24, 2.45) is 5.92 Å². The topological polar surface area (TPSA) is 76.1 Å². The Labute approximate surface area is 172 Å². The van der Waals surface area contributed by atoms with E-state index in [0.717, 1.165) is 10.4 Å². The van der Waals surface area contributed by atoms with Gasteiger partial charge in [-0.2, -0.15) is 0 Å². The summed E-state index contributed by atoms with van der Waals surface area (Å²) in [5.41, 5.74) is 1.53. The lowest BCUT2D eigenvalue weighted by atomic mass is 10.0. The average Bonchev–Trinajstić information content (AvgIpc) is 3.03. The number of carboxylic acids is 1. The first-order valence-electron chi connectivity index (χ1n) is 9.02. The Morgan fingerprint density at radius 3 is 2.75 bits per heavy atom. The molecule has 0 saturated heterocycles. The van der Waals surface area contributed by atoms with Crippen LogP contribution in [0.3, 0.4) is 0 Å². The van der Waals surface area contributed by atoms with E-state index in [1.807, 2.05) is 18.7 Å². The van der Waals surface area contributed by atoms with Crippen molar-refractivity contribution >= 4 is 35.1 Å². The summed E-state index contributed by atoms with van der Waals surface area (Å²) in [6.07, 6.45) is -0.0397. The number of carboxylic acid groups (broad SMARTS) is 1. The van der Waals surface area contributed by atoms with E-state index in [4.69, 9.17) is 21.1 Å². The Morgan fingerprint density at radius 1 is 1.32 bits per heavy atom. The van der Waals surface area contributed by atoms with E-state index >= 15 is 0 Å². The SMILES string of the molecule is CC(C)COC(=O)Oc1cc2c(s1)CCN(C(C(=O)O)c1ccccc1Cl)C2. The average molecular weight is 424 g/mol. The molecule has 6 nitrogen and oxygen atoms in total. The van der Waals surface area contributed by atoms with Gasteiger partial charge in [0, 0.05) is 23.0 Å². The third-order valence-electron chi connectivity index (χ3n) is 4.39. The Morgan fingerprint density at radius 2 is 2.07 bits per heavy atom. The maximum absolute atomic E-state index is 12.0. The lowest BCUT2D eigenvalue weighted by Crippen LogP contribution is -2.37. The van der Waals surface area contributed by atoms with E-state index < -0.39 is 18.2 Å². The highest BCUT2D eigenvalue weighted by Crippen LogP contribution is 2.37. The molecule has 1 aromatic carbocycles. The summed E-state index contributed by atoms with van der Waals surface area (Å²) in [4.78, 5) is 26.7. The van der Waals surface area contributed by atoms with E-state index in [1.165, 1.54) is 11.3 Å². The van der Waals surface area contributed by atoms with Crippen molar-refractivity contribution in [3.05, 3.63) is 51.4 Å². The van der Waals surface area contributed by atoms with Crippen LogP contribution in [0.15, 0.2) is 30.3 Å². The lowest BCUT2D eigenvalue weighted by molar-refractivity contribution is -0.144. The highest BCUT2D eigenvalue weighted by atomic mass is 35.5. The Kier molecular flexibility index (Phi) is 6.59. The summed E-state index contributed by atoms with van der Waals surface area (Å²) in [6, 6.07) is 7.95. The molecule has 28 heavy (non-hydrogen) atoms. The van der Waals surface area contributed by atoms with Gasteiger partial charge in [-0.05, 0) is 35.6 Å². The molecule has 0 spiro atoms. The van der Waals surface area contributed by atoms with E-state index in [9.17, 15) is 14.7 Å². The Balaban J connectivity index is 1.73. The molecule has 0 amide bonds. The summed E-state index contributed by atoms with van der Waals surface area (Å²) < 4.78 is 10.3. The number of rotatable bonds is 6. The van der Waals surface area contributed by atoms with Crippen LogP contribution in [0.1, 0.15) is 35.9 Å². The van der Waals surface area contributed by atoms with E-state index in [2.05, 4.69) is 0 Å². The smallest absolute Gasteiger partial charge is 0.480 e. The van der Waals surface area contributed by atoms with E-state index in [1.54, 1.807) is 30.3 Å². The number of halogens is 1. The summed E-state index contributed by atoms with van der Waals surface area (Å²) in [5.74, 6) is -0.712. The van der Waals surface area contributed by atoms with Crippen LogP contribution < -0.4 is 4.74 Å². The second-order valence-electron chi connectivity index (χ2n) is 7.05. The van der Waals surface area contributed by atoms with Gasteiger partial charge in [0.25, 0.3) is 0 Å². The van der Waals surface area contributed by atoms with Crippen molar-refractivity contribution in [3.63, 3.8) is 0 Å². The Hall–Kier alpha value is -2.09. The van der Waals surface area contributed by atoms with Crippen LogP contribution >= 0.6 is 22.9 Å². The number of nitrogens with zero attached hydrogens (tertiary/aromatic N) is 1. The van der Waals surface area contributed by atoms with Crippen molar-refractivity contribution in [1.29, 1.82) is 0 Å². The van der Waals surface area contributed by atoms with Crippen LogP contribution in [0.4, 0.5) is 4.79 Å². The van der Waals surface area contributed by atoms with Crippen molar-refractivity contribution in [1.82, 2.24) is 4.90 Å². The minimum absolute atomic E-state index is 0.232. The molecule has 0 radical (unpaired) electrons. The Bertz CT molecular complexity index is 866. The molecule has 0 aliphatic carbocycles. The van der Waals surface area contributed by atoms with Gasteiger partial charge in [0.15, 0.2) is 5.06 Å². The number of benzene rings is 1.